The molecule has 1 rings (SSSR count). The molecular formula is C7H11I. The maximum atomic E-state index is 2.50. The van der Waals surface area contributed by atoms with Gasteiger partial charge >= 0.3 is 0 Å². The maximum absolute atomic E-state index is 2.50. The smallest absolute Gasteiger partial charge is 0.0372 e. The molecule has 0 heterocycles. The Morgan fingerprint density at radius 1 is 1.62 bits per heavy atom. The summed E-state index contributed by atoms with van der Waals surface area (Å²) >= 11 is 2.50. The minimum Gasteiger partial charge on any atom is -0.0872 e. The van der Waals surface area contributed by atoms with Crippen molar-refractivity contribution in [3.05, 3.63) is 12.2 Å². The molecule has 0 fully saturated rings. The van der Waals surface area contributed by atoms with Gasteiger partial charge < -0.3 is 0 Å². The summed E-state index contributed by atoms with van der Waals surface area (Å²) in [5.74, 6) is 0. The molecule has 1 aliphatic carbocycles. The van der Waals surface area contributed by atoms with Gasteiger partial charge in [0.15, 0.2) is 0 Å². The highest BCUT2D eigenvalue weighted by atomic mass is 127. The van der Waals surface area contributed by atoms with E-state index >= 15 is 0 Å². The molecule has 0 saturated carbocycles. The fourth-order valence-corrected chi connectivity index (χ4v) is 1.61. The first-order valence-corrected chi connectivity index (χ1v) is 4.15. The summed E-state index contributed by atoms with van der Waals surface area (Å²) in [6, 6.07) is 0. The Bertz CT molecular complexity index is 103. The van der Waals surface area contributed by atoms with Gasteiger partial charge in [-0.15, -0.1) is 0 Å². The first-order chi connectivity index (χ1) is 3.71. The molecular weight excluding hydrogens is 211 g/mol. The van der Waals surface area contributed by atoms with E-state index in [9.17, 15) is 0 Å². The van der Waals surface area contributed by atoms with Gasteiger partial charge in [-0.1, -0.05) is 34.7 Å². The fraction of sp³-hybridized carbons (Fsp3) is 0.714. The SMILES string of the molecule is CC1(I)C=CCCC1. The number of alkyl halides is 1. The van der Waals surface area contributed by atoms with Crippen LogP contribution in [0.1, 0.15) is 26.2 Å². The Morgan fingerprint density at radius 3 is 2.62 bits per heavy atom. The lowest BCUT2D eigenvalue weighted by atomic mass is 9.98. The molecule has 0 aliphatic heterocycles. The van der Waals surface area contributed by atoms with E-state index in [0.29, 0.717) is 3.42 Å². The first-order valence-electron chi connectivity index (χ1n) is 3.07. The Morgan fingerprint density at radius 2 is 2.38 bits per heavy atom. The number of rotatable bonds is 0. The maximum Gasteiger partial charge on any atom is 0.0372 e. The van der Waals surface area contributed by atoms with Crippen LogP contribution in [0.15, 0.2) is 12.2 Å². The second-order valence-corrected chi connectivity index (χ2v) is 5.04. The summed E-state index contributed by atoms with van der Waals surface area (Å²) in [5.41, 5.74) is 0. The summed E-state index contributed by atoms with van der Waals surface area (Å²) in [6.07, 6.45) is 8.62. The third kappa shape index (κ3) is 1.77. The van der Waals surface area contributed by atoms with Crippen molar-refractivity contribution < 1.29 is 0 Å². The van der Waals surface area contributed by atoms with E-state index in [1.54, 1.807) is 0 Å². The molecule has 0 aromatic carbocycles. The average Bonchev–Trinajstić information content (AvgIpc) is 1.65. The van der Waals surface area contributed by atoms with Crippen LogP contribution >= 0.6 is 22.6 Å². The minimum absolute atomic E-state index is 0.468. The minimum atomic E-state index is 0.468. The third-order valence-electron chi connectivity index (χ3n) is 1.50. The van der Waals surface area contributed by atoms with Gasteiger partial charge in [0, 0.05) is 3.42 Å². The van der Waals surface area contributed by atoms with E-state index in [2.05, 4.69) is 41.7 Å². The normalized spacial score (nSPS) is 37.8. The van der Waals surface area contributed by atoms with E-state index < -0.39 is 0 Å². The summed E-state index contributed by atoms with van der Waals surface area (Å²) in [4.78, 5) is 0. The van der Waals surface area contributed by atoms with Crippen LogP contribution < -0.4 is 0 Å². The molecule has 0 spiro atoms. The first kappa shape index (κ1) is 6.59. The molecule has 0 bridgehead atoms. The molecule has 1 aliphatic rings. The topological polar surface area (TPSA) is 0 Å². The van der Waals surface area contributed by atoms with Crippen molar-refractivity contribution in [3.8, 4) is 0 Å². The van der Waals surface area contributed by atoms with Crippen molar-refractivity contribution in [1.82, 2.24) is 0 Å². The highest BCUT2D eigenvalue weighted by molar-refractivity contribution is 14.1. The molecule has 0 N–H and O–H groups in total. The van der Waals surface area contributed by atoms with Crippen molar-refractivity contribution in [2.45, 2.75) is 29.6 Å². The molecule has 46 valence electrons. The molecule has 0 nitrogen and oxygen atoms in total. The van der Waals surface area contributed by atoms with Gasteiger partial charge in [-0.2, -0.15) is 0 Å². The van der Waals surface area contributed by atoms with Crippen LogP contribution in [-0.4, -0.2) is 3.42 Å². The van der Waals surface area contributed by atoms with Crippen LogP contribution in [0.5, 0.6) is 0 Å². The molecule has 0 radical (unpaired) electrons. The van der Waals surface area contributed by atoms with Gasteiger partial charge in [0.2, 0.25) is 0 Å². The summed E-state index contributed by atoms with van der Waals surface area (Å²) in [5, 5.41) is 0. The predicted molar refractivity (Wildman–Crippen MR) is 45.4 cm³/mol. The number of hydrogen-bond donors (Lipinski definition) is 0. The van der Waals surface area contributed by atoms with Crippen molar-refractivity contribution in [2.75, 3.05) is 0 Å². The largest absolute Gasteiger partial charge is 0.0872 e. The van der Waals surface area contributed by atoms with E-state index in [1.807, 2.05) is 0 Å². The van der Waals surface area contributed by atoms with Crippen LogP contribution in [0.3, 0.4) is 0 Å². The summed E-state index contributed by atoms with van der Waals surface area (Å²) < 4.78 is 0.468. The van der Waals surface area contributed by atoms with Crippen molar-refractivity contribution in [1.29, 1.82) is 0 Å². The van der Waals surface area contributed by atoms with Crippen LogP contribution in [-0.2, 0) is 0 Å². The van der Waals surface area contributed by atoms with E-state index in [0.717, 1.165) is 0 Å². The van der Waals surface area contributed by atoms with Crippen molar-refractivity contribution in [2.24, 2.45) is 0 Å². The Hall–Kier alpha value is 0.470. The second-order valence-electron chi connectivity index (χ2n) is 2.57. The Kier molecular flexibility index (Phi) is 1.96. The lowest BCUT2D eigenvalue weighted by Crippen LogP contribution is -2.13. The molecule has 8 heavy (non-hydrogen) atoms. The zero-order chi connectivity index (χ0) is 6.04. The van der Waals surface area contributed by atoms with Gasteiger partial charge in [0.1, 0.15) is 0 Å². The zero-order valence-electron chi connectivity index (χ0n) is 5.15. The second kappa shape index (κ2) is 2.38. The number of hydrogen-bond acceptors (Lipinski definition) is 0. The highest BCUT2D eigenvalue weighted by Gasteiger charge is 2.16. The van der Waals surface area contributed by atoms with Gasteiger partial charge in [-0.05, 0) is 26.2 Å². The van der Waals surface area contributed by atoms with Crippen LogP contribution in [0.25, 0.3) is 0 Å². The third-order valence-corrected chi connectivity index (χ3v) is 2.40. The predicted octanol–water partition coefficient (Wildman–Crippen LogP) is 2.92. The molecule has 1 atom stereocenters. The van der Waals surface area contributed by atoms with Gasteiger partial charge in [-0.3, -0.25) is 0 Å². The van der Waals surface area contributed by atoms with Crippen LogP contribution in [0.2, 0.25) is 0 Å². The van der Waals surface area contributed by atoms with Gasteiger partial charge in [-0.25, -0.2) is 0 Å². The molecule has 1 heteroatoms. The number of allylic oxidation sites excluding steroid dienone is 2. The van der Waals surface area contributed by atoms with Gasteiger partial charge in [0.05, 0.1) is 0 Å². The highest BCUT2D eigenvalue weighted by Crippen LogP contribution is 2.30. The standard InChI is InChI=1S/C7H11I/c1-7(8)5-3-2-4-6-7/h3,5H,2,4,6H2,1H3. The quantitative estimate of drug-likeness (QED) is 0.336. The Labute approximate surface area is 64.5 Å². The number of halogens is 1. The average molecular weight is 222 g/mol. The fourth-order valence-electron chi connectivity index (χ4n) is 0.978. The lowest BCUT2D eigenvalue weighted by Gasteiger charge is -2.20. The van der Waals surface area contributed by atoms with Crippen molar-refractivity contribution >= 4 is 22.6 Å². The lowest BCUT2D eigenvalue weighted by molar-refractivity contribution is 0.647. The molecule has 0 aromatic heterocycles. The summed E-state index contributed by atoms with van der Waals surface area (Å²) in [6.45, 7) is 2.28. The molecule has 0 saturated heterocycles. The monoisotopic (exact) mass is 222 g/mol. The van der Waals surface area contributed by atoms with E-state index in [-0.39, 0.29) is 0 Å². The molecule has 0 amide bonds. The van der Waals surface area contributed by atoms with E-state index in [4.69, 9.17) is 0 Å². The Balaban J connectivity index is 2.56. The van der Waals surface area contributed by atoms with Crippen molar-refractivity contribution in [3.63, 3.8) is 0 Å². The van der Waals surface area contributed by atoms with E-state index in [1.165, 1.54) is 19.3 Å². The zero-order valence-corrected chi connectivity index (χ0v) is 7.31. The van der Waals surface area contributed by atoms with Gasteiger partial charge in [0.25, 0.3) is 0 Å². The molecule has 1 unspecified atom stereocenters. The van der Waals surface area contributed by atoms with Crippen LogP contribution in [0, 0.1) is 0 Å². The molecule has 0 aromatic rings. The summed E-state index contributed by atoms with van der Waals surface area (Å²) in [7, 11) is 0. The van der Waals surface area contributed by atoms with Crippen LogP contribution in [0.4, 0.5) is 0 Å².